The smallest absolute Gasteiger partial charge is 0.238 e. The van der Waals surface area contributed by atoms with Crippen molar-refractivity contribution in [3.63, 3.8) is 0 Å². The molecule has 1 saturated carbocycles. The molecule has 1 aliphatic rings. The van der Waals surface area contributed by atoms with Gasteiger partial charge in [-0.1, -0.05) is 12.1 Å². The summed E-state index contributed by atoms with van der Waals surface area (Å²) in [5, 5.41) is 15.8. The lowest BCUT2D eigenvalue weighted by molar-refractivity contribution is 0.426. The Labute approximate surface area is 98.0 Å². The predicted molar refractivity (Wildman–Crippen MR) is 59.2 cm³/mol. The first kappa shape index (κ1) is 10.2. The fourth-order valence-corrected chi connectivity index (χ4v) is 1.85. The summed E-state index contributed by atoms with van der Waals surface area (Å²) < 4.78 is 7.21. The van der Waals surface area contributed by atoms with E-state index in [2.05, 4.69) is 20.5 Å². The molecule has 2 N–H and O–H groups in total. The second-order valence-corrected chi connectivity index (χ2v) is 4.23. The van der Waals surface area contributed by atoms with Crippen LogP contribution in [0.15, 0.2) is 4.42 Å². The van der Waals surface area contributed by atoms with Crippen LogP contribution in [0.3, 0.4) is 0 Å². The van der Waals surface area contributed by atoms with Crippen LogP contribution < -0.4 is 5.73 Å². The molecule has 1 fully saturated rings. The van der Waals surface area contributed by atoms with Crippen molar-refractivity contribution in [2.75, 3.05) is 5.73 Å². The molecule has 3 rings (SSSR count). The summed E-state index contributed by atoms with van der Waals surface area (Å²) in [7, 11) is 0. The summed E-state index contributed by atoms with van der Waals surface area (Å²) in [5.74, 6) is 2.20. The van der Waals surface area contributed by atoms with Gasteiger partial charge in [0, 0.05) is 12.3 Å². The van der Waals surface area contributed by atoms with Crippen molar-refractivity contribution in [1.29, 1.82) is 0 Å². The maximum atomic E-state index is 5.81. The van der Waals surface area contributed by atoms with E-state index in [9.17, 15) is 0 Å². The van der Waals surface area contributed by atoms with Gasteiger partial charge in [-0.2, -0.15) is 0 Å². The lowest BCUT2D eigenvalue weighted by Crippen LogP contribution is -2.07. The quantitative estimate of drug-likeness (QED) is 0.837. The second kappa shape index (κ2) is 3.83. The highest BCUT2D eigenvalue weighted by molar-refractivity contribution is 5.38. The van der Waals surface area contributed by atoms with Crippen LogP contribution in [-0.2, 0) is 13.0 Å². The van der Waals surface area contributed by atoms with Crippen molar-refractivity contribution in [1.82, 2.24) is 25.2 Å². The van der Waals surface area contributed by atoms with Gasteiger partial charge >= 0.3 is 0 Å². The summed E-state index contributed by atoms with van der Waals surface area (Å²) in [6.07, 6.45) is 3.05. The molecule has 7 nitrogen and oxygen atoms in total. The number of nitrogen functional groups attached to an aromatic ring is 1. The number of anilines is 1. The van der Waals surface area contributed by atoms with Gasteiger partial charge in [0.2, 0.25) is 11.8 Å². The molecule has 0 atom stereocenters. The third-order valence-corrected chi connectivity index (χ3v) is 2.86. The number of hydrogen-bond donors (Lipinski definition) is 1. The highest BCUT2D eigenvalue weighted by Crippen LogP contribution is 2.41. The number of rotatable bonds is 4. The van der Waals surface area contributed by atoms with Gasteiger partial charge in [0.05, 0.1) is 5.69 Å². The minimum absolute atomic E-state index is 0.447. The standard InChI is InChI=1S/C10H14N6O/c1-2-7-12-13-8(17-7)5-16-9(6-3-4-6)10(11)14-15-16/h6H,2-5,11H2,1H3. The van der Waals surface area contributed by atoms with Crippen LogP contribution in [0.25, 0.3) is 0 Å². The topological polar surface area (TPSA) is 95.7 Å². The molecule has 0 aromatic carbocycles. The summed E-state index contributed by atoms with van der Waals surface area (Å²) in [6, 6.07) is 0. The zero-order valence-electron chi connectivity index (χ0n) is 9.63. The van der Waals surface area contributed by atoms with E-state index in [0.717, 1.165) is 25.0 Å². The molecule has 2 aromatic heterocycles. The first-order chi connectivity index (χ1) is 8.28. The van der Waals surface area contributed by atoms with Crippen molar-refractivity contribution in [2.45, 2.75) is 38.6 Å². The highest BCUT2D eigenvalue weighted by Gasteiger charge is 2.31. The highest BCUT2D eigenvalue weighted by atomic mass is 16.4. The van der Waals surface area contributed by atoms with Gasteiger partial charge in [-0.05, 0) is 12.8 Å². The maximum absolute atomic E-state index is 5.81. The third kappa shape index (κ3) is 1.88. The summed E-state index contributed by atoms with van der Waals surface area (Å²) in [4.78, 5) is 0. The number of aryl methyl sites for hydroxylation is 1. The van der Waals surface area contributed by atoms with Gasteiger partial charge in [0.25, 0.3) is 0 Å². The first-order valence-corrected chi connectivity index (χ1v) is 5.78. The molecule has 0 bridgehead atoms. The van der Waals surface area contributed by atoms with E-state index < -0.39 is 0 Å². The van der Waals surface area contributed by atoms with E-state index in [4.69, 9.17) is 10.2 Å². The van der Waals surface area contributed by atoms with Crippen molar-refractivity contribution < 1.29 is 4.42 Å². The van der Waals surface area contributed by atoms with Crippen molar-refractivity contribution in [3.05, 3.63) is 17.5 Å². The fourth-order valence-electron chi connectivity index (χ4n) is 1.85. The molecule has 0 spiro atoms. The minimum atomic E-state index is 0.447. The van der Waals surface area contributed by atoms with Crippen LogP contribution in [0.2, 0.25) is 0 Å². The number of aromatic nitrogens is 5. The Bertz CT molecular complexity index is 527. The number of hydrogen-bond acceptors (Lipinski definition) is 6. The molecular weight excluding hydrogens is 220 g/mol. The van der Waals surface area contributed by atoms with Gasteiger partial charge in [0.1, 0.15) is 6.54 Å². The van der Waals surface area contributed by atoms with Crippen molar-refractivity contribution in [3.8, 4) is 0 Å². The van der Waals surface area contributed by atoms with Crippen LogP contribution in [0.4, 0.5) is 5.82 Å². The minimum Gasteiger partial charge on any atom is -0.423 e. The lowest BCUT2D eigenvalue weighted by Gasteiger charge is -2.01. The molecule has 90 valence electrons. The van der Waals surface area contributed by atoms with E-state index >= 15 is 0 Å². The Kier molecular flexibility index (Phi) is 2.31. The molecule has 0 saturated heterocycles. The Balaban J connectivity index is 1.84. The monoisotopic (exact) mass is 234 g/mol. The van der Waals surface area contributed by atoms with E-state index in [1.54, 1.807) is 4.68 Å². The Morgan fingerprint density at radius 1 is 1.29 bits per heavy atom. The summed E-state index contributed by atoms with van der Waals surface area (Å²) in [5.41, 5.74) is 6.81. The van der Waals surface area contributed by atoms with E-state index in [-0.39, 0.29) is 0 Å². The van der Waals surface area contributed by atoms with Crippen LogP contribution in [0.1, 0.15) is 43.2 Å². The average Bonchev–Trinajstić information content (AvgIpc) is 2.94. The van der Waals surface area contributed by atoms with Gasteiger partial charge in [-0.3, -0.25) is 0 Å². The predicted octanol–water partition coefficient (Wildman–Crippen LogP) is 0.731. The normalized spacial score (nSPS) is 15.4. The summed E-state index contributed by atoms with van der Waals surface area (Å²) >= 11 is 0. The maximum Gasteiger partial charge on any atom is 0.238 e. The Hall–Kier alpha value is -1.92. The molecule has 2 heterocycles. The Morgan fingerprint density at radius 2 is 2.06 bits per heavy atom. The van der Waals surface area contributed by atoms with Crippen molar-refractivity contribution >= 4 is 5.82 Å². The van der Waals surface area contributed by atoms with Gasteiger partial charge in [0.15, 0.2) is 5.82 Å². The lowest BCUT2D eigenvalue weighted by atomic mass is 10.3. The Morgan fingerprint density at radius 3 is 2.71 bits per heavy atom. The number of nitrogens with zero attached hydrogens (tertiary/aromatic N) is 5. The van der Waals surface area contributed by atoms with E-state index in [1.807, 2.05) is 6.92 Å². The molecule has 2 aromatic rings. The molecule has 0 unspecified atom stereocenters. The zero-order valence-corrected chi connectivity index (χ0v) is 9.63. The summed E-state index contributed by atoms with van der Waals surface area (Å²) in [6.45, 7) is 2.42. The van der Waals surface area contributed by atoms with E-state index in [1.165, 1.54) is 0 Å². The van der Waals surface area contributed by atoms with Crippen LogP contribution in [0.5, 0.6) is 0 Å². The first-order valence-electron chi connectivity index (χ1n) is 5.78. The molecular formula is C10H14N6O. The van der Waals surface area contributed by atoms with Crippen molar-refractivity contribution in [2.24, 2.45) is 0 Å². The second-order valence-electron chi connectivity index (χ2n) is 4.23. The largest absolute Gasteiger partial charge is 0.423 e. The fraction of sp³-hybridized carbons (Fsp3) is 0.600. The number of nitrogens with two attached hydrogens (primary N) is 1. The van der Waals surface area contributed by atoms with Crippen LogP contribution in [-0.4, -0.2) is 25.2 Å². The third-order valence-electron chi connectivity index (χ3n) is 2.86. The van der Waals surface area contributed by atoms with Crippen LogP contribution >= 0.6 is 0 Å². The molecule has 0 amide bonds. The molecule has 0 aliphatic heterocycles. The SMILES string of the molecule is CCc1nnc(Cn2nnc(N)c2C2CC2)o1. The zero-order chi connectivity index (χ0) is 11.8. The van der Waals surface area contributed by atoms with E-state index in [0.29, 0.717) is 30.1 Å². The van der Waals surface area contributed by atoms with Gasteiger partial charge < -0.3 is 10.2 Å². The average molecular weight is 234 g/mol. The molecule has 1 aliphatic carbocycles. The van der Waals surface area contributed by atoms with Gasteiger partial charge in [-0.25, -0.2) is 4.68 Å². The van der Waals surface area contributed by atoms with Crippen LogP contribution in [0, 0.1) is 0 Å². The van der Waals surface area contributed by atoms with Gasteiger partial charge in [-0.15, -0.1) is 15.3 Å². The molecule has 7 heteroatoms. The molecule has 0 radical (unpaired) electrons. The molecule has 17 heavy (non-hydrogen) atoms.